The second-order valence-corrected chi connectivity index (χ2v) is 7.83. The highest BCUT2D eigenvalue weighted by molar-refractivity contribution is 5.94. The monoisotopic (exact) mass is 438 g/mol. The minimum absolute atomic E-state index is 0.128. The number of aromatic nitrogens is 4. The number of aryl methyl sites for hydroxylation is 1. The summed E-state index contributed by atoms with van der Waals surface area (Å²) in [5.74, 6) is -1.16. The zero-order valence-corrected chi connectivity index (χ0v) is 17.3. The van der Waals surface area contributed by atoms with Crippen LogP contribution in [0.3, 0.4) is 0 Å². The van der Waals surface area contributed by atoms with Crippen LogP contribution in [0.15, 0.2) is 47.3 Å². The molecule has 0 aliphatic carbocycles. The van der Waals surface area contributed by atoms with Gasteiger partial charge in [0.1, 0.15) is 0 Å². The molecule has 0 unspecified atom stereocenters. The summed E-state index contributed by atoms with van der Waals surface area (Å²) in [5, 5.41) is 9.11. The fourth-order valence-electron chi connectivity index (χ4n) is 4.12. The third-order valence-electron chi connectivity index (χ3n) is 5.88. The molecule has 0 saturated carbocycles. The number of carbonyl (C=O) groups excluding carboxylic acids is 1. The minimum atomic E-state index is -1.03. The van der Waals surface area contributed by atoms with Gasteiger partial charge in [-0.3, -0.25) is 23.5 Å². The topological polar surface area (TPSA) is 75.7 Å². The first-order valence-electron chi connectivity index (χ1n) is 10.2. The molecule has 4 aromatic rings. The predicted octanol–water partition coefficient (Wildman–Crippen LogP) is 1.82. The van der Waals surface area contributed by atoms with Crippen LogP contribution in [0.5, 0.6) is 0 Å². The van der Waals surface area contributed by atoms with E-state index in [0.29, 0.717) is 49.7 Å². The van der Waals surface area contributed by atoms with Crippen LogP contribution in [0, 0.1) is 11.6 Å². The van der Waals surface area contributed by atoms with Crippen molar-refractivity contribution in [3.05, 3.63) is 75.8 Å². The van der Waals surface area contributed by atoms with Gasteiger partial charge in [0.15, 0.2) is 17.5 Å². The fourth-order valence-corrected chi connectivity index (χ4v) is 4.12. The predicted molar refractivity (Wildman–Crippen MR) is 113 cm³/mol. The van der Waals surface area contributed by atoms with Crippen molar-refractivity contribution in [3.8, 4) is 0 Å². The second kappa shape index (κ2) is 7.79. The Balaban J connectivity index is 1.35. The second-order valence-electron chi connectivity index (χ2n) is 7.83. The Hall–Kier alpha value is -3.66. The molecule has 164 valence electrons. The molecule has 0 spiro atoms. The number of hydrogen-bond donors (Lipinski definition) is 0. The molecule has 1 saturated heterocycles. The van der Waals surface area contributed by atoms with Crippen molar-refractivity contribution in [2.45, 2.75) is 6.54 Å². The van der Waals surface area contributed by atoms with Gasteiger partial charge in [-0.1, -0.05) is 12.1 Å². The molecule has 0 N–H and O–H groups in total. The molecule has 0 bridgehead atoms. The Morgan fingerprint density at radius 1 is 1.00 bits per heavy atom. The quantitative estimate of drug-likeness (QED) is 0.488. The summed E-state index contributed by atoms with van der Waals surface area (Å²) < 4.78 is 30.0. The molecule has 1 amide bonds. The van der Waals surface area contributed by atoms with Crippen LogP contribution in [0.25, 0.3) is 16.7 Å². The smallest absolute Gasteiger partial charge is 0.262 e. The molecule has 2 aromatic carbocycles. The largest absolute Gasteiger partial charge is 0.336 e. The van der Waals surface area contributed by atoms with E-state index in [0.717, 1.165) is 17.6 Å². The summed E-state index contributed by atoms with van der Waals surface area (Å²) in [7, 11) is 1.67. The number of halogens is 2. The molecule has 5 rings (SSSR count). The number of fused-ring (bicyclic) bond motifs is 3. The number of amides is 1. The SMILES string of the molecule is Cn1c(=O)c2ccccc2n2c(CN3CCN(C(=O)c4ccc(F)c(F)c4)CC3)nnc12. The summed E-state index contributed by atoms with van der Waals surface area (Å²) in [4.78, 5) is 29.0. The van der Waals surface area contributed by atoms with Gasteiger partial charge < -0.3 is 4.90 Å². The lowest BCUT2D eigenvalue weighted by Gasteiger charge is -2.34. The van der Waals surface area contributed by atoms with Gasteiger partial charge in [-0.05, 0) is 30.3 Å². The molecule has 1 fully saturated rings. The maximum absolute atomic E-state index is 13.5. The third-order valence-corrected chi connectivity index (χ3v) is 5.88. The number of hydrogen-bond acceptors (Lipinski definition) is 5. The van der Waals surface area contributed by atoms with Crippen molar-refractivity contribution in [3.63, 3.8) is 0 Å². The van der Waals surface area contributed by atoms with E-state index in [1.165, 1.54) is 10.6 Å². The van der Waals surface area contributed by atoms with Crippen molar-refractivity contribution in [2.24, 2.45) is 7.05 Å². The lowest BCUT2D eigenvalue weighted by Crippen LogP contribution is -2.48. The molecular weight excluding hydrogens is 418 g/mol. The van der Waals surface area contributed by atoms with Gasteiger partial charge in [-0.2, -0.15) is 0 Å². The molecule has 1 aliphatic heterocycles. The molecule has 32 heavy (non-hydrogen) atoms. The number of piperazine rings is 1. The fraction of sp³-hybridized carbons (Fsp3) is 0.273. The Labute approximate surface area is 181 Å². The van der Waals surface area contributed by atoms with Crippen molar-refractivity contribution in [2.75, 3.05) is 26.2 Å². The number of nitrogens with zero attached hydrogens (tertiary/aromatic N) is 6. The number of rotatable bonds is 3. The first-order chi connectivity index (χ1) is 15.4. The molecule has 1 aliphatic rings. The van der Waals surface area contributed by atoms with Crippen LogP contribution in [-0.2, 0) is 13.6 Å². The summed E-state index contributed by atoms with van der Waals surface area (Å²) >= 11 is 0. The highest BCUT2D eigenvalue weighted by atomic mass is 19.2. The first kappa shape index (κ1) is 20.3. The van der Waals surface area contributed by atoms with Gasteiger partial charge >= 0.3 is 0 Å². The van der Waals surface area contributed by atoms with Gasteiger partial charge in [-0.15, -0.1) is 10.2 Å². The van der Waals surface area contributed by atoms with Crippen LogP contribution in [0.2, 0.25) is 0 Å². The molecule has 0 atom stereocenters. The maximum atomic E-state index is 13.5. The van der Waals surface area contributed by atoms with E-state index in [2.05, 4.69) is 15.1 Å². The summed E-state index contributed by atoms with van der Waals surface area (Å²) in [6.07, 6.45) is 0. The normalized spacial score (nSPS) is 15.0. The summed E-state index contributed by atoms with van der Waals surface area (Å²) in [6, 6.07) is 10.5. The van der Waals surface area contributed by atoms with Crippen LogP contribution < -0.4 is 5.56 Å². The molecule has 10 heteroatoms. The highest BCUT2D eigenvalue weighted by Crippen LogP contribution is 2.17. The van der Waals surface area contributed by atoms with E-state index in [-0.39, 0.29) is 17.0 Å². The van der Waals surface area contributed by atoms with Gasteiger partial charge in [0, 0.05) is 38.8 Å². The summed E-state index contributed by atoms with van der Waals surface area (Å²) in [5.41, 5.74) is 0.752. The van der Waals surface area contributed by atoms with Crippen LogP contribution >= 0.6 is 0 Å². The Bertz CT molecular complexity index is 1410. The lowest BCUT2D eigenvalue weighted by molar-refractivity contribution is 0.0624. The van der Waals surface area contributed by atoms with Crippen molar-refractivity contribution in [1.82, 2.24) is 29.0 Å². The zero-order chi connectivity index (χ0) is 22.4. The number of para-hydroxylation sites is 1. The van der Waals surface area contributed by atoms with E-state index in [4.69, 9.17) is 0 Å². The van der Waals surface area contributed by atoms with Crippen LogP contribution in [-0.4, -0.2) is 61.1 Å². The highest BCUT2D eigenvalue weighted by Gasteiger charge is 2.24. The first-order valence-corrected chi connectivity index (χ1v) is 10.2. The van der Waals surface area contributed by atoms with Crippen molar-refractivity contribution >= 4 is 22.6 Å². The standard InChI is InChI=1S/C22H20F2N6O2/c1-27-21(32)15-4-2-3-5-18(15)30-19(25-26-22(27)30)13-28-8-10-29(11-9-28)20(31)14-6-7-16(23)17(24)12-14/h2-7,12H,8-11,13H2,1H3. The van der Waals surface area contributed by atoms with Gasteiger partial charge in [0.25, 0.3) is 11.5 Å². The van der Waals surface area contributed by atoms with E-state index in [1.54, 1.807) is 18.0 Å². The maximum Gasteiger partial charge on any atom is 0.262 e. The Morgan fingerprint density at radius 3 is 2.50 bits per heavy atom. The zero-order valence-electron chi connectivity index (χ0n) is 17.3. The van der Waals surface area contributed by atoms with Gasteiger partial charge in [0.2, 0.25) is 5.78 Å². The van der Waals surface area contributed by atoms with Crippen LogP contribution in [0.1, 0.15) is 16.2 Å². The average molecular weight is 438 g/mol. The Kier molecular flexibility index (Phi) is 4.93. The van der Waals surface area contributed by atoms with Crippen LogP contribution in [0.4, 0.5) is 8.78 Å². The molecule has 2 aromatic heterocycles. The van der Waals surface area contributed by atoms with Crippen molar-refractivity contribution in [1.29, 1.82) is 0 Å². The van der Waals surface area contributed by atoms with E-state index in [9.17, 15) is 18.4 Å². The molecule has 0 radical (unpaired) electrons. The molecular formula is C22H20F2N6O2. The lowest BCUT2D eigenvalue weighted by atomic mass is 10.1. The van der Waals surface area contributed by atoms with Crippen molar-refractivity contribution < 1.29 is 13.6 Å². The number of carbonyl (C=O) groups is 1. The van der Waals surface area contributed by atoms with Gasteiger partial charge in [-0.25, -0.2) is 8.78 Å². The summed E-state index contributed by atoms with van der Waals surface area (Å²) in [6.45, 7) is 2.58. The minimum Gasteiger partial charge on any atom is -0.336 e. The number of benzene rings is 2. The average Bonchev–Trinajstić information content (AvgIpc) is 3.23. The van der Waals surface area contributed by atoms with Gasteiger partial charge in [0.05, 0.1) is 17.4 Å². The van der Waals surface area contributed by atoms with E-state index >= 15 is 0 Å². The molecule has 8 nitrogen and oxygen atoms in total. The van der Waals surface area contributed by atoms with E-state index < -0.39 is 11.6 Å². The van der Waals surface area contributed by atoms with E-state index in [1.807, 2.05) is 22.6 Å². The molecule has 3 heterocycles. The third kappa shape index (κ3) is 3.32. The Morgan fingerprint density at radius 2 is 1.75 bits per heavy atom.